The Labute approximate surface area is 160 Å². The summed E-state index contributed by atoms with van der Waals surface area (Å²) in [5.74, 6) is 1.01. The lowest BCUT2D eigenvalue weighted by Gasteiger charge is -2.11. The molecule has 0 saturated heterocycles. The van der Waals surface area contributed by atoms with E-state index in [0.29, 0.717) is 27.9 Å². The molecule has 0 atom stereocenters. The van der Waals surface area contributed by atoms with Gasteiger partial charge in [0.1, 0.15) is 16.5 Å². The lowest BCUT2D eigenvalue weighted by Crippen LogP contribution is -2.15. The van der Waals surface area contributed by atoms with E-state index >= 15 is 0 Å². The number of nitrogens with zero attached hydrogens (tertiary/aromatic N) is 1. The molecule has 0 unspecified atom stereocenters. The third kappa shape index (κ3) is 4.15. The zero-order valence-corrected chi connectivity index (χ0v) is 15.9. The van der Waals surface area contributed by atoms with Crippen LogP contribution in [-0.4, -0.2) is 25.1 Å². The first kappa shape index (κ1) is 18.2. The van der Waals surface area contributed by atoms with Crippen LogP contribution < -0.4 is 14.8 Å². The largest absolute Gasteiger partial charge is 0.497 e. The average molecular weight is 389 g/mol. The molecule has 134 valence electrons. The van der Waals surface area contributed by atoms with Crippen LogP contribution in [0.3, 0.4) is 0 Å². The first-order chi connectivity index (χ1) is 12.6. The molecule has 5 nitrogen and oxygen atoms in total. The predicted octanol–water partition coefficient (Wildman–Crippen LogP) is 4.66. The molecule has 2 aromatic carbocycles. The van der Waals surface area contributed by atoms with Crippen molar-refractivity contribution in [3.63, 3.8) is 0 Å². The molecular weight excluding hydrogens is 372 g/mol. The highest BCUT2D eigenvalue weighted by molar-refractivity contribution is 7.13. The van der Waals surface area contributed by atoms with Gasteiger partial charge >= 0.3 is 0 Å². The van der Waals surface area contributed by atoms with Crippen LogP contribution in [-0.2, 0) is 11.2 Å². The molecule has 0 aliphatic heterocycles. The summed E-state index contributed by atoms with van der Waals surface area (Å²) in [6, 6.07) is 12.7. The minimum absolute atomic E-state index is 0.154. The quantitative estimate of drug-likeness (QED) is 0.667. The summed E-state index contributed by atoms with van der Waals surface area (Å²) in [5.41, 5.74) is 2.10. The van der Waals surface area contributed by atoms with Crippen molar-refractivity contribution in [3.8, 4) is 22.1 Å². The lowest BCUT2D eigenvalue weighted by atomic mass is 10.2. The first-order valence-corrected chi connectivity index (χ1v) is 9.07. The summed E-state index contributed by atoms with van der Waals surface area (Å²) in [6.45, 7) is 0. The average Bonchev–Trinajstić information content (AvgIpc) is 3.10. The third-order valence-electron chi connectivity index (χ3n) is 3.68. The first-order valence-electron chi connectivity index (χ1n) is 7.82. The highest BCUT2D eigenvalue weighted by atomic mass is 35.5. The Morgan fingerprint density at radius 3 is 2.73 bits per heavy atom. The second-order valence-electron chi connectivity index (χ2n) is 5.42. The maximum absolute atomic E-state index is 12.4. The molecule has 1 aromatic heterocycles. The summed E-state index contributed by atoms with van der Waals surface area (Å²) in [7, 11) is 3.12. The zero-order chi connectivity index (χ0) is 18.5. The molecule has 0 aliphatic rings. The van der Waals surface area contributed by atoms with E-state index in [0.717, 1.165) is 10.6 Å². The smallest absolute Gasteiger partial charge is 0.230 e. The predicted molar refractivity (Wildman–Crippen MR) is 104 cm³/mol. The number of ether oxygens (including phenoxy) is 2. The van der Waals surface area contributed by atoms with Gasteiger partial charge in [-0.25, -0.2) is 4.98 Å². The van der Waals surface area contributed by atoms with Gasteiger partial charge in [0.2, 0.25) is 5.91 Å². The fourth-order valence-electron chi connectivity index (χ4n) is 2.42. The number of aromatic nitrogens is 1. The molecular formula is C19H17ClN2O3S. The molecule has 0 aliphatic carbocycles. The van der Waals surface area contributed by atoms with Crippen molar-refractivity contribution < 1.29 is 14.3 Å². The number of benzene rings is 2. The van der Waals surface area contributed by atoms with Gasteiger partial charge in [-0.05, 0) is 18.2 Å². The van der Waals surface area contributed by atoms with Gasteiger partial charge in [0.05, 0.1) is 37.0 Å². The van der Waals surface area contributed by atoms with Crippen LogP contribution in [0.4, 0.5) is 5.69 Å². The van der Waals surface area contributed by atoms with Crippen LogP contribution in [0, 0.1) is 0 Å². The van der Waals surface area contributed by atoms with E-state index in [1.54, 1.807) is 32.4 Å². The molecule has 1 N–H and O–H groups in total. The number of carbonyl (C=O) groups excluding carboxylic acids is 1. The number of thiazole rings is 1. The molecule has 1 heterocycles. The zero-order valence-electron chi connectivity index (χ0n) is 14.3. The normalized spacial score (nSPS) is 10.4. The highest BCUT2D eigenvalue weighted by Gasteiger charge is 2.13. The number of amides is 1. The summed E-state index contributed by atoms with van der Waals surface area (Å²) in [6.07, 6.45) is 0.154. The SMILES string of the molecule is COc1ccc(OC)c(NC(=O)Cc2csc(-c3ccccc3Cl)n2)c1. The van der Waals surface area contributed by atoms with E-state index in [-0.39, 0.29) is 12.3 Å². The summed E-state index contributed by atoms with van der Waals surface area (Å²) < 4.78 is 10.5. The Morgan fingerprint density at radius 2 is 2.00 bits per heavy atom. The van der Waals surface area contributed by atoms with Crippen molar-refractivity contribution in [1.29, 1.82) is 0 Å². The van der Waals surface area contributed by atoms with Gasteiger partial charge in [-0.3, -0.25) is 4.79 Å². The molecule has 0 saturated carbocycles. The van der Waals surface area contributed by atoms with Crippen molar-refractivity contribution in [2.24, 2.45) is 0 Å². The van der Waals surface area contributed by atoms with Gasteiger partial charge < -0.3 is 14.8 Å². The highest BCUT2D eigenvalue weighted by Crippen LogP contribution is 2.31. The van der Waals surface area contributed by atoms with Crippen molar-refractivity contribution in [2.45, 2.75) is 6.42 Å². The second-order valence-corrected chi connectivity index (χ2v) is 6.68. The number of hydrogen-bond acceptors (Lipinski definition) is 5. The fraction of sp³-hybridized carbons (Fsp3) is 0.158. The lowest BCUT2D eigenvalue weighted by molar-refractivity contribution is -0.115. The van der Waals surface area contributed by atoms with Gasteiger partial charge in [0.15, 0.2) is 0 Å². The third-order valence-corrected chi connectivity index (χ3v) is 4.93. The number of methoxy groups -OCH3 is 2. The van der Waals surface area contributed by atoms with Crippen molar-refractivity contribution in [2.75, 3.05) is 19.5 Å². The van der Waals surface area contributed by atoms with E-state index < -0.39 is 0 Å². The molecule has 3 rings (SSSR count). The van der Waals surface area contributed by atoms with Crippen LogP contribution in [0.2, 0.25) is 5.02 Å². The van der Waals surface area contributed by atoms with E-state index in [2.05, 4.69) is 10.3 Å². The van der Waals surface area contributed by atoms with Crippen molar-refractivity contribution in [3.05, 3.63) is 58.6 Å². The van der Waals surface area contributed by atoms with Gasteiger partial charge in [0, 0.05) is 17.0 Å². The summed E-state index contributed by atoms with van der Waals surface area (Å²) in [5, 5.41) is 6.13. The number of carbonyl (C=O) groups is 1. The van der Waals surface area contributed by atoms with E-state index in [1.165, 1.54) is 11.3 Å². The number of hydrogen-bond donors (Lipinski definition) is 1. The maximum atomic E-state index is 12.4. The minimum Gasteiger partial charge on any atom is -0.497 e. The number of rotatable bonds is 6. The number of nitrogens with one attached hydrogen (secondary N) is 1. The van der Waals surface area contributed by atoms with E-state index in [1.807, 2.05) is 29.6 Å². The van der Waals surface area contributed by atoms with Crippen LogP contribution >= 0.6 is 22.9 Å². The van der Waals surface area contributed by atoms with Gasteiger partial charge in [-0.2, -0.15) is 0 Å². The molecule has 0 bridgehead atoms. The second kappa shape index (κ2) is 8.21. The molecule has 7 heteroatoms. The molecule has 0 radical (unpaired) electrons. The van der Waals surface area contributed by atoms with E-state index in [9.17, 15) is 4.79 Å². The van der Waals surface area contributed by atoms with Crippen LogP contribution in [0.25, 0.3) is 10.6 Å². The Balaban J connectivity index is 1.73. The number of halogens is 1. The Morgan fingerprint density at radius 1 is 1.19 bits per heavy atom. The van der Waals surface area contributed by atoms with Gasteiger partial charge in [-0.15, -0.1) is 11.3 Å². The standard InChI is InChI=1S/C19H17ClN2O3S/c1-24-13-7-8-17(25-2)16(10-13)22-18(23)9-12-11-26-19(21-12)14-5-3-4-6-15(14)20/h3-8,10-11H,9H2,1-2H3,(H,22,23). The summed E-state index contributed by atoms with van der Waals surface area (Å²) >= 11 is 7.66. The van der Waals surface area contributed by atoms with Gasteiger partial charge in [-0.1, -0.05) is 29.8 Å². The maximum Gasteiger partial charge on any atom is 0.230 e. The topological polar surface area (TPSA) is 60.5 Å². The molecule has 0 spiro atoms. The molecule has 0 fully saturated rings. The van der Waals surface area contributed by atoms with Crippen LogP contribution in [0.1, 0.15) is 5.69 Å². The van der Waals surface area contributed by atoms with Gasteiger partial charge in [0.25, 0.3) is 0 Å². The number of anilines is 1. The van der Waals surface area contributed by atoms with Crippen LogP contribution in [0.5, 0.6) is 11.5 Å². The van der Waals surface area contributed by atoms with Crippen LogP contribution in [0.15, 0.2) is 47.8 Å². The summed E-state index contributed by atoms with van der Waals surface area (Å²) in [4.78, 5) is 16.9. The fourth-order valence-corrected chi connectivity index (χ4v) is 3.56. The van der Waals surface area contributed by atoms with Crippen molar-refractivity contribution >= 4 is 34.5 Å². The Bertz CT molecular complexity index is 927. The monoisotopic (exact) mass is 388 g/mol. The molecule has 1 amide bonds. The molecule has 3 aromatic rings. The minimum atomic E-state index is -0.187. The Kier molecular flexibility index (Phi) is 5.75. The Hall–Kier alpha value is -2.57. The van der Waals surface area contributed by atoms with E-state index in [4.69, 9.17) is 21.1 Å². The van der Waals surface area contributed by atoms with Crippen molar-refractivity contribution in [1.82, 2.24) is 4.98 Å². The molecule has 26 heavy (non-hydrogen) atoms.